The molecule has 0 aliphatic rings. The van der Waals surface area contributed by atoms with Crippen molar-refractivity contribution in [3.8, 4) is 0 Å². The van der Waals surface area contributed by atoms with Crippen LogP contribution < -0.4 is 4.72 Å². The summed E-state index contributed by atoms with van der Waals surface area (Å²) in [6.45, 7) is -0.912. The third-order valence-corrected chi connectivity index (χ3v) is 3.59. The van der Waals surface area contributed by atoms with Gasteiger partial charge < -0.3 is 0 Å². The van der Waals surface area contributed by atoms with E-state index in [1.54, 1.807) is 4.72 Å². The molecular formula is C9H8F4N2O4S. The SMILES string of the molecule is O=[N+]([O-])c1ccc(S(=O)(=O)NCCC(F)(F)F)cc1F. The van der Waals surface area contributed by atoms with Crippen LogP contribution in [0.3, 0.4) is 0 Å². The monoisotopic (exact) mass is 316 g/mol. The zero-order valence-electron chi connectivity index (χ0n) is 9.65. The van der Waals surface area contributed by atoms with Gasteiger partial charge in [-0.1, -0.05) is 0 Å². The second-order valence-electron chi connectivity index (χ2n) is 3.63. The molecule has 1 aromatic carbocycles. The average Bonchev–Trinajstić information content (AvgIpc) is 2.26. The van der Waals surface area contributed by atoms with Crippen LogP contribution >= 0.6 is 0 Å². The molecule has 0 spiro atoms. The molecule has 0 aliphatic carbocycles. The molecule has 1 rings (SSSR count). The molecule has 0 aliphatic heterocycles. The summed E-state index contributed by atoms with van der Waals surface area (Å²) >= 11 is 0. The van der Waals surface area contributed by atoms with Crippen LogP contribution in [0.15, 0.2) is 23.1 Å². The van der Waals surface area contributed by atoms with Gasteiger partial charge in [-0.25, -0.2) is 13.1 Å². The van der Waals surface area contributed by atoms with Gasteiger partial charge in [-0.2, -0.15) is 17.6 Å². The summed E-state index contributed by atoms with van der Waals surface area (Å²) in [6, 6.07) is 1.72. The topological polar surface area (TPSA) is 89.3 Å². The van der Waals surface area contributed by atoms with Crippen LogP contribution in [0.4, 0.5) is 23.2 Å². The van der Waals surface area contributed by atoms with Crippen molar-refractivity contribution >= 4 is 15.7 Å². The summed E-state index contributed by atoms with van der Waals surface area (Å²) in [5.41, 5.74) is -0.931. The van der Waals surface area contributed by atoms with Crippen molar-refractivity contribution in [1.82, 2.24) is 4.72 Å². The highest BCUT2D eigenvalue weighted by atomic mass is 32.2. The lowest BCUT2D eigenvalue weighted by Crippen LogP contribution is -2.28. The summed E-state index contributed by atoms with van der Waals surface area (Å²) in [7, 11) is -4.36. The molecule has 20 heavy (non-hydrogen) atoms. The van der Waals surface area contributed by atoms with E-state index in [-0.39, 0.29) is 0 Å². The van der Waals surface area contributed by atoms with Crippen LogP contribution in [-0.2, 0) is 10.0 Å². The fourth-order valence-electron chi connectivity index (χ4n) is 1.21. The first-order valence-corrected chi connectivity index (χ1v) is 6.51. The molecule has 0 amide bonds. The minimum Gasteiger partial charge on any atom is -0.258 e. The fraction of sp³-hybridized carbons (Fsp3) is 0.333. The maximum absolute atomic E-state index is 13.2. The third kappa shape index (κ3) is 4.42. The molecule has 11 heteroatoms. The van der Waals surface area contributed by atoms with Gasteiger partial charge in [-0.05, 0) is 6.07 Å². The number of benzene rings is 1. The van der Waals surface area contributed by atoms with Crippen LogP contribution in [-0.4, -0.2) is 26.1 Å². The van der Waals surface area contributed by atoms with Crippen LogP contribution in [0.25, 0.3) is 0 Å². The zero-order valence-corrected chi connectivity index (χ0v) is 10.5. The predicted molar refractivity (Wildman–Crippen MR) is 58.9 cm³/mol. The lowest BCUT2D eigenvalue weighted by Gasteiger charge is -2.08. The molecule has 1 N–H and O–H groups in total. The molecule has 0 atom stereocenters. The molecule has 112 valence electrons. The van der Waals surface area contributed by atoms with E-state index in [0.717, 1.165) is 6.07 Å². The summed E-state index contributed by atoms with van der Waals surface area (Å²) in [6.07, 6.45) is -5.93. The van der Waals surface area contributed by atoms with E-state index in [1.165, 1.54) is 0 Å². The van der Waals surface area contributed by atoms with Crippen molar-refractivity contribution in [2.75, 3.05) is 6.54 Å². The Morgan fingerprint density at radius 3 is 2.35 bits per heavy atom. The molecular weight excluding hydrogens is 308 g/mol. The van der Waals surface area contributed by atoms with E-state index in [4.69, 9.17) is 0 Å². The fourth-order valence-corrected chi connectivity index (χ4v) is 2.26. The van der Waals surface area contributed by atoms with Crippen molar-refractivity contribution in [2.45, 2.75) is 17.5 Å². The van der Waals surface area contributed by atoms with Crippen LogP contribution in [0.1, 0.15) is 6.42 Å². The van der Waals surface area contributed by atoms with Crippen molar-refractivity contribution in [3.05, 3.63) is 34.1 Å². The van der Waals surface area contributed by atoms with Gasteiger partial charge in [0.05, 0.1) is 16.2 Å². The lowest BCUT2D eigenvalue weighted by atomic mass is 10.3. The molecule has 0 bridgehead atoms. The zero-order chi connectivity index (χ0) is 15.6. The smallest absolute Gasteiger partial charge is 0.258 e. The maximum Gasteiger partial charge on any atom is 0.390 e. The normalized spacial score (nSPS) is 12.4. The number of sulfonamides is 1. The Morgan fingerprint density at radius 2 is 1.90 bits per heavy atom. The second kappa shape index (κ2) is 5.71. The van der Waals surface area contributed by atoms with Gasteiger partial charge >= 0.3 is 11.9 Å². The second-order valence-corrected chi connectivity index (χ2v) is 5.40. The summed E-state index contributed by atoms with van der Waals surface area (Å²) in [4.78, 5) is 8.60. The minimum absolute atomic E-state index is 0.369. The quantitative estimate of drug-likeness (QED) is 0.511. The van der Waals surface area contributed by atoms with Gasteiger partial charge in [-0.3, -0.25) is 10.1 Å². The Bertz CT molecular complexity index is 615. The number of halogens is 4. The highest BCUT2D eigenvalue weighted by molar-refractivity contribution is 7.89. The first kappa shape index (κ1) is 16.3. The van der Waals surface area contributed by atoms with E-state index in [1.807, 2.05) is 0 Å². The number of alkyl halides is 3. The van der Waals surface area contributed by atoms with Crippen molar-refractivity contribution in [3.63, 3.8) is 0 Å². The van der Waals surface area contributed by atoms with Gasteiger partial charge in [0.2, 0.25) is 15.8 Å². The molecule has 0 unspecified atom stereocenters. The van der Waals surface area contributed by atoms with Crippen LogP contribution in [0, 0.1) is 15.9 Å². The van der Waals surface area contributed by atoms with E-state index < -0.39 is 50.5 Å². The number of nitrogens with zero attached hydrogens (tertiary/aromatic N) is 1. The van der Waals surface area contributed by atoms with Crippen LogP contribution in [0.5, 0.6) is 0 Å². The lowest BCUT2D eigenvalue weighted by molar-refractivity contribution is -0.387. The maximum atomic E-state index is 13.2. The Hall–Kier alpha value is -1.75. The molecule has 1 aromatic rings. The first-order chi connectivity index (χ1) is 9.03. The Kier molecular flexibility index (Phi) is 4.65. The molecule has 0 radical (unpaired) electrons. The van der Waals surface area contributed by atoms with Gasteiger partial charge in [0.25, 0.3) is 0 Å². The predicted octanol–water partition coefficient (Wildman–Crippen LogP) is 1.96. The largest absolute Gasteiger partial charge is 0.390 e. The molecule has 0 aromatic heterocycles. The van der Waals surface area contributed by atoms with E-state index >= 15 is 0 Å². The Balaban J connectivity index is 2.88. The van der Waals surface area contributed by atoms with Gasteiger partial charge in [0.1, 0.15) is 0 Å². The standard InChI is InChI=1S/C9H8F4N2O4S/c10-7-5-6(1-2-8(7)15(16)17)20(18,19)14-4-3-9(11,12)13/h1-2,5,14H,3-4H2. The Morgan fingerprint density at radius 1 is 1.30 bits per heavy atom. The Labute approximate surface area is 110 Å². The molecule has 0 saturated heterocycles. The molecule has 6 nitrogen and oxygen atoms in total. The number of nitro groups is 1. The van der Waals surface area contributed by atoms with Crippen molar-refractivity contribution < 1.29 is 30.9 Å². The number of hydrogen-bond donors (Lipinski definition) is 1. The van der Waals surface area contributed by atoms with E-state index in [9.17, 15) is 36.1 Å². The van der Waals surface area contributed by atoms with Gasteiger partial charge in [0, 0.05) is 18.7 Å². The molecule has 0 fully saturated rings. The molecule has 0 saturated carbocycles. The first-order valence-electron chi connectivity index (χ1n) is 5.03. The van der Waals surface area contributed by atoms with Gasteiger partial charge in [0.15, 0.2) is 0 Å². The third-order valence-electron chi connectivity index (χ3n) is 2.13. The van der Waals surface area contributed by atoms with Gasteiger partial charge in [-0.15, -0.1) is 0 Å². The summed E-state index contributed by atoms with van der Waals surface area (Å²) < 4.78 is 73.5. The molecule has 0 heterocycles. The number of hydrogen-bond acceptors (Lipinski definition) is 4. The number of nitro benzene ring substituents is 1. The highest BCUT2D eigenvalue weighted by Gasteiger charge is 2.28. The van der Waals surface area contributed by atoms with E-state index in [2.05, 4.69) is 0 Å². The van der Waals surface area contributed by atoms with E-state index in [0.29, 0.717) is 12.1 Å². The highest BCUT2D eigenvalue weighted by Crippen LogP contribution is 2.21. The minimum atomic E-state index is -4.54. The number of rotatable bonds is 5. The summed E-state index contributed by atoms with van der Waals surface area (Å²) in [5, 5.41) is 10.3. The average molecular weight is 316 g/mol. The van der Waals surface area contributed by atoms with Crippen molar-refractivity contribution in [1.29, 1.82) is 0 Å². The number of nitrogens with one attached hydrogen (secondary N) is 1. The van der Waals surface area contributed by atoms with Crippen molar-refractivity contribution in [2.24, 2.45) is 0 Å². The summed E-state index contributed by atoms with van der Waals surface area (Å²) in [5.74, 6) is -1.39. The van der Waals surface area contributed by atoms with Crippen LogP contribution in [0.2, 0.25) is 0 Å².